The van der Waals surface area contributed by atoms with Gasteiger partial charge in [0.2, 0.25) is 0 Å². The summed E-state index contributed by atoms with van der Waals surface area (Å²) >= 11 is 0. The summed E-state index contributed by atoms with van der Waals surface area (Å²) in [7, 11) is 0. The van der Waals surface area contributed by atoms with E-state index in [0.29, 0.717) is 5.92 Å². The molecule has 1 saturated carbocycles. The van der Waals surface area contributed by atoms with Crippen molar-refractivity contribution in [2.24, 2.45) is 5.92 Å². The Morgan fingerprint density at radius 2 is 1.79 bits per heavy atom. The van der Waals surface area contributed by atoms with E-state index >= 15 is 0 Å². The van der Waals surface area contributed by atoms with Crippen LogP contribution in [0.1, 0.15) is 82.5 Å². The summed E-state index contributed by atoms with van der Waals surface area (Å²) in [6.45, 7) is 4.52. The molecule has 0 bridgehead atoms. The SMILES string of the molecule is CCCCc1ccc(C2CCC(CCC)CC2)nn1. The average molecular weight is 260 g/mol. The molecule has 2 heteroatoms. The molecule has 2 rings (SSSR count). The number of rotatable bonds is 6. The quantitative estimate of drug-likeness (QED) is 0.727. The number of hydrogen-bond donors (Lipinski definition) is 0. The van der Waals surface area contributed by atoms with Gasteiger partial charge in [-0.15, -0.1) is 0 Å². The van der Waals surface area contributed by atoms with Crippen LogP contribution in [0.4, 0.5) is 0 Å². The first-order valence-electron chi connectivity index (χ1n) is 8.16. The first kappa shape index (κ1) is 14.5. The zero-order chi connectivity index (χ0) is 13.5. The standard InChI is InChI=1S/C17H28N2/c1-3-5-7-16-12-13-17(19-18-16)15-10-8-14(6-4-2)9-11-15/h12-15H,3-11H2,1-2H3. The van der Waals surface area contributed by atoms with E-state index in [0.717, 1.165) is 18.0 Å². The van der Waals surface area contributed by atoms with Crippen LogP contribution in [0.25, 0.3) is 0 Å². The van der Waals surface area contributed by atoms with Crippen LogP contribution >= 0.6 is 0 Å². The summed E-state index contributed by atoms with van der Waals surface area (Å²) < 4.78 is 0. The molecule has 0 amide bonds. The van der Waals surface area contributed by atoms with E-state index < -0.39 is 0 Å². The minimum absolute atomic E-state index is 0.667. The number of aromatic nitrogens is 2. The first-order valence-corrected chi connectivity index (χ1v) is 8.16. The molecular weight excluding hydrogens is 232 g/mol. The second kappa shape index (κ2) is 7.62. The molecule has 1 aliphatic rings. The van der Waals surface area contributed by atoms with Gasteiger partial charge in [-0.1, -0.05) is 33.1 Å². The van der Waals surface area contributed by atoms with Crippen molar-refractivity contribution in [2.75, 3.05) is 0 Å². The summed E-state index contributed by atoms with van der Waals surface area (Å²) in [6.07, 6.45) is 11.7. The average Bonchev–Trinajstić information content (AvgIpc) is 2.47. The molecule has 1 aromatic heterocycles. The molecule has 106 valence electrons. The predicted molar refractivity (Wildman–Crippen MR) is 80.3 cm³/mol. The van der Waals surface area contributed by atoms with E-state index in [1.807, 2.05) is 0 Å². The summed E-state index contributed by atoms with van der Waals surface area (Å²) in [5.74, 6) is 1.64. The molecule has 0 unspecified atom stereocenters. The smallest absolute Gasteiger partial charge is 0.0662 e. The van der Waals surface area contributed by atoms with E-state index in [2.05, 4.69) is 36.2 Å². The summed E-state index contributed by atoms with van der Waals surface area (Å²) in [6, 6.07) is 4.42. The van der Waals surface area contributed by atoms with Gasteiger partial charge in [-0.25, -0.2) is 0 Å². The van der Waals surface area contributed by atoms with E-state index in [4.69, 9.17) is 0 Å². The molecule has 0 atom stereocenters. The fourth-order valence-corrected chi connectivity index (χ4v) is 3.23. The molecule has 0 spiro atoms. The monoisotopic (exact) mass is 260 g/mol. The number of nitrogens with zero attached hydrogens (tertiary/aromatic N) is 2. The summed E-state index contributed by atoms with van der Waals surface area (Å²) in [5.41, 5.74) is 2.39. The molecule has 19 heavy (non-hydrogen) atoms. The third-order valence-electron chi connectivity index (χ3n) is 4.49. The lowest BCUT2D eigenvalue weighted by Gasteiger charge is -2.27. The summed E-state index contributed by atoms with van der Waals surface area (Å²) in [5, 5.41) is 8.87. The maximum absolute atomic E-state index is 4.48. The maximum atomic E-state index is 4.48. The zero-order valence-electron chi connectivity index (χ0n) is 12.6. The fraction of sp³-hybridized carbons (Fsp3) is 0.765. The van der Waals surface area contributed by atoms with Gasteiger partial charge in [0, 0.05) is 5.92 Å². The Morgan fingerprint density at radius 3 is 2.37 bits per heavy atom. The van der Waals surface area contributed by atoms with Crippen molar-refractivity contribution in [1.82, 2.24) is 10.2 Å². The largest absolute Gasteiger partial charge is 0.155 e. The van der Waals surface area contributed by atoms with E-state index in [1.165, 1.54) is 57.1 Å². The van der Waals surface area contributed by atoms with Crippen LogP contribution < -0.4 is 0 Å². The van der Waals surface area contributed by atoms with Gasteiger partial charge < -0.3 is 0 Å². The second-order valence-electron chi connectivity index (χ2n) is 6.06. The first-order chi connectivity index (χ1) is 9.33. The van der Waals surface area contributed by atoms with Crippen molar-refractivity contribution in [1.29, 1.82) is 0 Å². The van der Waals surface area contributed by atoms with Crippen LogP contribution in [0, 0.1) is 5.92 Å². The molecule has 0 aliphatic heterocycles. The molecule has 0 aromatic carbocycles. The van der Waals surface area contributed by atoms with E-state index in [1.54, 1.807) is 0 Å². The van der Waals surface area contributed by atoms with Crippen LogP contribution in [0.5, 0.6) is 0 Å². The van der Waals surface area contributed by atoms with Crippen molar-refractivity contribution in [2.45, 2.75) is 77.6 Å². The summed E-state index contributed by atoms with van der Waals surface area (Å²) in [4.78, 5) is 0. The van der Waals surface area contributed by atoms with Gasteiger partial charge in [0.25, 0.3) is 0 Å². The van der Waals surface area contributed by atoms with Crippen LogP contribution in [0.15, 0.2) is 12.1 Å². The Hall–Kier alpha value is -0.920. The normalized spacial score (nSPS) is 23.5. The van der Waals surface area contributed by atoms with Crippen molar-refractivity contribution < 1.29 is 0 Å². The van der Waals surface area contributed by atoms with Crippen LogP contribution in [0.3, 0.4) is 0 Å². The second-order valence-corrected chi connectivity index (χ2v) is 6.06. The molecule has 1 fully saturated rings. The van der Waals surface area contributed by atoms with Gasteiger partial charge in [-0.05, 0) is 56.6 Å². The topological polar surface area (TPSA) is 25.8 Å². The lowest BCUT2D eigenvalue weighted by atomic mass is 9.79. The number of unbranched alkanes of at least 4 members (excludes halogenated alkanes) is 1. The Labute approximate surface area is 118 Å². The minimum atomic E-state index is 0.667. The Balaban J connectivity index is 1.85. The fourth-order valence-electron chi connectivity index (χ4n) is 3.23. The van der Waals surface area contributed by atoms with Crippen molar-refractivity contribution in [3.05, 3.63) is 23.5 Å². The third kappa shape index (κ3) is 4.29. The lowest BCUT2D eigenvalue weighted by Crippen LogP contribution is -2.14. The highest BCUT2D eigenvalue weighted by atomic mass is 15.1. The molecule has 0 N–H and O–H groups in total. The molecular formula is C17H28N2. The highest BCUT2D eigenvalue weighted by molar-refractivity contribution is 5.12. The minimum Gasteiger partial charge on any atom is -0.155 e. The van der Waals surface area contributed by atoms with E-state index in [-0.39, 0.29) is 0 Å². The Bertz CT molecular complexity index is 350. The molecule has 1 heterocycles. The molecule has 2 nitrogen and oxygen atoms in total. The van der Waals surface area contributed by atoms with Crippen molar-refractivity contribution in [3.63, 3.8) is 0 Å². The number of aryl methyl sites for hydroxylation is 1. The van der Waals surface area contributed by atoms with Gasteiger partial charge in [0.1, 0.15) is 0 Å². The molecule has 0 saturated heterocycles. The van der Waals surface area contributed by atoms with Crippen LogP contribution in [0.2, 0.25) is 0 Å². The van der Waals surface area contributed by atoms with Gasteiger partial charge in [0.05, 0.1) is 11.4 Å². The molecule has 1 aliphatic carbocycles. The van der Waals surface area contributed by atoms with E-state index in [9.17, 15) is 0 Å². The molecule has 1 aromatic rings. The maximum Gasteiger partial charge on any atom is 0.0662 e. The lowest BCUT2D eigenvalue weighted by molar-refractivity contribution is 0.304. The predicted octanol–water partition coefficient (Wildman–Crippen LogP) is 4.89. The Morgan fingerprint density at radius 1 is 1.00 bits per heavy atom. The van der Waals surface area contributed by atoms with Gasteiger partial charge in [0.15, 0.2) is 0 Å². The third-order valence-corrected chi connectivity index (χ3v) is 4.49. The van der Waals surface area contributed by atoms with Crippen molar-refractivity contribution in [3.8, 4) is 0 Å². The highest BCUT2D eigenvalue weighted by Crippen LogP contribution is 2.36. The van der Waals surface area contributed by atoms with Crippen LogP contribution in [-0.2, 0) is 6.42 Å². The van der Waals surface area contributed by atoms with Gasteiger partial charge in [-0.2, -0.15) is 10.2 Å². The van der Waals surface area contributed by atoms with Gasteiger partial charge in [-0.3, -0.25) is 0 Å². The molecule has 0 radical (unpaired) electrons. The van der Waals surface area contributed by atoms with Crippen LogP contribution in [-0.4, -0.2) is 10.2 Å². The van der Waals surface area contributed by atoms with Crippen molar-refractivity contribution >= 4 is 0 Å². The zero-order valence-corrected chi connectivity index (χ0v) is 12.6. The Kier molecular flexibility index (Phi) is 5.81. The number of hydrogen-bond acceptors (Lipinski definition) is 2. The highest BCUT2D eigenvalue weighted by Gasteiger charge is 2.22. The van der Waals surface area contributed by atoms with Gasteiger partial charge >= 0.3 is 0 Å².